The van der Waals surface area contributed by atoms with E-state index in [1.54, 1.807) is 0 Å². The summed E-state index contributed by atoms with van der Waals surface area (Å²) < 4.78 is 0. The minimum Gasteiger partial charge on any atom is -0.479 e. The predicted molar refractivity (Wildman–Crippen MR) is 62.8 cm³/mol. The first kappa shape index (κ1) is 11.6. The monoisotopic (exact) mass is 234 g/mol. The maximum Gasteiger partial charge on any atom is 0.332 e. The van der Waals surface area contributed by atoms with Crippen molar-refractivity contribution in [3.63, 3.8) is 0 Å². The van der Waals surface area contributed by atoms with Crippen molar-refractivity contribution in [1.29, 1.82) is 0 Å². The van der Waals surface area contributed by atoms with Gasteiger partial charge in [-0.2, -0.15) is 0 Å². The molecule has 1 heterocycles. The Bertz CT molecular complexity index is 548. The van der Waals surface area contributed by atoms with Gasteiger partial charge in [0, 0.05) is 0 Å². The summed E-state index contributed by atoms with van der Waals surface area (Å²) in [6, 6.07) is 5.72. The number of hydrogen-bond donors (Lipinski definition) is 3. The fourth-order valence-electron chi connectivity index (χ4n) is 1.77. The molecule has 5 heteroatoms. The third-order valence-electron chi connectivity index (χ3n) is 2.66. The molecule has 2 rings (SSSR count). The zero-order chi connectivity index (χ0) is 12.4. The first-order chi connectivity index (χ1) is 8.06. The van der Waals surface area contributed by atoms with Gasteiger partial charge in [0.05, 0.1) is 11.0 Å². The first-order valence-corrected chi connectivity index (χ1v) is 5.42. The maximum atomic E-state index is 10.5. The van der Waals surface area contributed by atoms with Gasteiger partial charge in [-0.05, 0) is 37.5 Å². The second kappa shape index (κ2) is 4.55. The summed E-state index contributed by atoms with van der Waals surface area (Å²) in [5, 5.41) is 17.8. The summed E-state index contributed by atoms with van der Waals surface area (Å²) in [6.07, 6.45) is -0.552. The number of aryl methyl sites for hydroxylation is 2. The van der Waals surface area contributed by atoms with E-state index in [0.29, 0.717) is 6.42 Å². The summed E-state index contributed by atoms with van der Waals surface area (Å²) in [5.74, 6) is -0.328. The number of carbonyl (C=O) groups is 1. The lowest BCUT2D eigenvalue weighted by atomic mass is 10.1. The van der Waals surface area contributed by atoms with Gasteiger partial charge in [-0.1, -0.05) is 6.07 Å². The number of H-pyrrole nitrogens is 1. The molecule has 3 N–H and O–H groups in total. The summed E-state index contributed by atoms with van der Waals surface area (Å²) in [4.78, 5) is 17.9. The molecular formula is C12H14N2O3. The Morgan fingerprint density at radius 1 is 1.53 bits per heavy atom. The van der Waals surface area contributed by atoms with Crippen molar-refractivity contribution in [2.75, 3.05) is 0 Å². The van der Waals surface area contributed by atoms with Crippen molar-refractivity contribution in [2.45, 2.75) is 25.9 Å². The largest absolute Gasteiger partial charge is 0.479 e. The van der Waals surface area contributed by atoms with Gasteiger partial charge in [0.25, 0.3) is 0 Å². The third-order valence-corrected chi connectivity index (χ3v) is 2.66. The number of aromatic nitrogens is 2. The highest BCUT2D eigenvalue weighted by Gasteiger charge is 2.12. The topological polar surface area (TPSA) is 86.2 Å². The average Bonchev–Trinajstić information content (AvgIpc) is 2.64. The van der Waals surface area contributed by atoms with E-state index in [0.717, 1.165) is 22.4 Å². The Hall–Kier alpha value is -1.88. The van der Waals surface area contributed by atoms with Gasteiger partial charge in [0.2, 0.25) is 0 Å². The van der Waals surface area contributed by atoms with Crippen LogP contribution in [0.25, 0.3) is 11.0 Å². The van der Waals surface area contributed by atoms with Crippen LogP contribution in [0.1, 0.15) is 17.8 Å². The zero-order valence-corrected chi connectivity index (χ0v) is 9.47. The van der Waals surface area contributed by atoms with E-state index in [2.05, 4.69) is 9.97 Å². The number of benzene rings is 1. The molecule has 5 nitrogen and oxygen atoms in total. The van der Waals surface area contributed by atoms with Gasteiger partial charge in [0.15, 0.2) is 6.10 Å². The standard InChI is InChI=1S/C12H14N2O3/c1-7-13-9-4-2-8(6-10(9)14-7)3-5-11(15)12(16)17/h2,4,6,11,15H,3,5H2,1H3,(H,13,14)(H,16,17). The molecule has 90 valence electrons. The number of nitrogens with one attached hydrogen (secondary N) is 1. The van der Waals surface area contributed by atoms with Crippen LogP contribution in [0.4, 0.5) is 0 Å². The van der Waals surface area contributed by atoms with Crippen molar-refractivity contribution >= 4 is 17.0 Å². The molecule has 1 unspecified atom stereocenters. The molecule has 0 aliphatic heterocycles. The molecule has 0 radical (unpaired) electrons. The number of aromatic amines is 1. The molecule has 17 heavy (non-hydrogen) atoms. The van der Waals surface area contributed by atoms with Crippen LogP contribution in [0.3, 0.4) is 0 Å². The molecular weight excluding hydrogens is 220 g/mol. The minimum absolute atomic E-state index is 0.216. The first-order valence-electron chi connectivity index (χ1n) is 5.42. The number of rotatable bonds is 4. The lowest BCUT2D eigenvalue weighted by molar-refractivity contribution is -0.146. The normalized spacial score (nSPS) is 12.8. The maximum absolute atomic E-state index is 10.5. The van der Waals surface area contributed by atoms with Crippen LogP contribution < -0.4 is 0 Å². The Balaban J connectivity index is 2.11. The molecule has 0 amide bonds. The Labute approximate surface area is 98.1 Å². The third kappa shape index (κ3) is 2.62. The van der Waals surface area contributed by atoms with Crippen molar-refractivity contribution in [1.82, 2.24) is 9.97 Å². The highest BCUT2D eigenvalue weighted by molar-refractivity contribution is 5.76. The number of aliphatic hydroxyl groups excluding tert-OH is 1. The Morgan fingerprint density at radius 3 is 3.00 bits per heavy atom. The highest BCUT2D eigenvalue weighted by atomic mass is 16.4. The van der Waals surface area contributed by atoms with E-state index in [-0.39, 0.29) is 6.42 Å². The summed E-state index contributed by atoms with van der Waals surface area (Å²) in [6.45, 7) is 1.88. The number of hydrogen-bond acceptors (Lipinski definition) is 3. The van der Waals surface area contributed by atoms with E-state index in [1.165, 1.54) is 0 Å². The smallest absolute Gasteiger partial charge is 0.332 e. The predicted octanol–water partition coefficient (Wildman–Crippen LogP) is 1.25. The molecule has 1 aromatic carbocycles. The number of carboxylic acid groups (broad SMARTS) is 1. The number of nitrogens with zero attached hydrogens (tertiary/aromatic N) is 1. The van der Waals surface area contributed by atoms with E-state index in [9.17, 15) is 9.90 Å². The van der Waals surface area contributed by atoms with Crippen LogP contribution in [0.15, 0.2) is 18.2 Å². The lowest BCUT2D eigenvalue weighted by Crippen LogP contribution is -2.19. The van der Waals surface area contributed by atoms with Crippen LogP contribution in [0, 0.1) is 6.92 Å². The number of fused-ring (bicyclic) bond motifs is 1. The van der Waals surface area contributed by atoms with Crippen molar-refractivity contribution < 1.29 is 15.0 Å². The highest BCUT2D eigenvalue weighted by Crippen LogP contribution is 2.15. The molecule has 0 saturated carbocycles. The number of imidazole rings is 1. The van der Waals surface area contributed by atoms with E-state index >= 15 is 0 Å². The Morgan fingerprint density at radius 2 is 2.29 bits per heavy atom. The van der Waals surface area contributed by atoms with E-state index in [1.807, 2.05) is 25.1 Å². The van der Waals surface area contributed by atoms with Gasteiger partial charge in [-0.15, -0.1) is 0 Å². The molecule has 1 atom stereocenters. The number of aliphatic hydroxyl groups is 1. The SMILES string of the molecule is Cc1nc2ccc(CCC(O)C(=O)O)cc2[nH]1. The molecule has 0 aliphatic carbocycles. The molecule has 2 aromatic rings. The quantitative estimate of drug-likeness (QED) is 0.743. The van der Waals surface area contributed by atoms with Gasteiger partial charge < -0.3 is 15.2 Å². The van der Waals surface area contributed by atoms with Gasteiger partial charge in [-0.3, -0.25) is 0 Å². The van der Waals surface area contributed by atoms with Gasteiger partial charge in [-0.25, -0.2) is 9.78 Å². The van der Waals surface area contributed by atoms with Crippen LogP contribution in [-0.4, -0.2) is 32.3 Å². The second-order valence-electron chi connectivity index (χ2n) is 4.07. The van der Waals surface area contributed by atoms with E-state index < -0.39 is 12.1 Å². The van der Waals surface area contributed by atoms with Crippen molar-refractivity contribution in [3.05, 3.63) is 29.6 Å². The zero-order valence-electron chi connectivity index (χ0n) is 9.47. The van der Waals surface area contributed by atoms with Crippen LogP contribution in [0.5, 0.6) is 0 Å². The Kier molecular flexibility index (Phi) is 3.10. The molecule has 0 bridgehead atoms. The van der Waals surface area contributed by atoms with Crippen LogP contribution in [-0.2, 0) is 11.2 Å². The van der Waals surface area contributed by atoms with Crippen LogP contribution >= 0.6 is 0 Å². The lowest BCUT2D eigenvalue weighted by Gasteiger charge is -2.05. The van der Waals surface area contributed by atoms with E-state index in [4.69, 9.17) is 5.11 Å². The van der Waals surface area contributed by atoms with Gasteiger partial charge in [0.1, 0.15) is 5.82 Å². The fourth-order valence-corrected chi connectivity index (χ4v) is 1.77. The van der Waals surface area contributed by atoms with Gasteiger partial charge >= 0.3 is 5.97 Å². The number of carboxylic acids is 1. The second-order valence-corrected chi connectivity index (χ2v) is 4.07. The van der Waals surface area contributed by atoms with Crippen LogP contribution in [0.2, 0.25) is 0 Å². The van der Waals surface area contributed by atoms with Crippen molar-refractivity contribution in [3.8, 4) is 0 Å². The van der Waals surface area contributed by atoms with Crippen molar-refractivity contribution in [2.24, 2.45) is 0 Å². The minimum atomic E-state index is -1.30. The fraction of sp³-hybridized carbons (Fsp3) is 0.333. The molecule has 0 fully saturated rings. The molecule has 1 aromatic heterocycles. The molecule has 0 aliphatic rings. The average molecular weight is 234 g/mol. The summed E-state index contributed by atoms with van der Waals surface area (Å²) in [7, 11) is 0. The molecule has 0 saturated heterocycles. The summed E-state index contributed by atoms with van der Waals surface area (Å²) >= 11 is 0. The molecule has 0 spiro atoms. The number of aliphatic carboxylic acids is 1. The summed E-state index contributed by atoms with van der Waals surface area (Å²) in [5.41, 5.74) is 2.82.